The fourth-order valence-electron chi connectivity index (χ4n) is 1.49. The number of benzene rings is 1. The van der Waals surface area contributed by atoms with Gasteiger partial charge in [-0.05, 0) is 37.1 Å². The third kappa shape index (κ3) is 5.29. The number of ether oxygens (including phenoxy) is 1. The average molecular weight is 272 g/mol. The number of hydrogen-bond acceptors (Lipinski definition) is 4. The third-order valence-corrected chi connectivity index (χ3v) is 3.27. The molecule has 0 aliphatic carbocycles. The van der Waals surface area contributed by atoms with E-state index in [9.17, 15) is 13.2 Å². The lowest BCUT2D eigenvalue weighted by Crippen LogP contribution is -2.05. The van der Waals surface area contributed by atoms with E-state index in [1.807, 2.05) is 0 Å². The number of carbonyl (C=O) groups excluding carboxylic acids is 1. The van der Waals surface area contributed by atoms with Crippen LogP contribution in [0.5, 0.6) is 5.75 Å². The maximum atomic E-state index is 11.7. The molecule has 0 spiro atoms. The first-order valence-corrected chi connectivity index (χ1v) is 7.16. The van der Waals surface area contributed by atoms with Crippen molar-refractivity contribution >= 4 is 15.9 Å². The maximum Gasteiger partial charge on any atom is 0.264 e. The lowest BCUT2D eigenvalue weighted by atomic mass is 10.1. The van der Waals surface area contributed by atoms with Gasteiger partial charge in [0.15, 0.2) is 5.78 Å². The number of unbranched alkanes of at least 4 members (excludes halogenated alkanes) is 1. The number of ketones is 1. The SMILES string of the molecule is COc1ccc(C(=O)CCCCS(=O)(=O)O)cc1. The summed E-state index contributed by atoms with van der Waals surface area (Å²) in [5, 5.41) is 0. The van der Waals surface area contributed by atoms with Crippen LogP contribution in [0.15, 0.2) is 24.3 Å². The van der Waals surface area contributed by atoms with Crippen molar-refractivity contribution in [3.05, 3.63) is 29.8 Å². The lowest BCUT2D eigenvalue weighted by Gasteiger charge is -2.03. The highest BCUT2D eigenvalue weighted by atomic mass is 32.2. The van der Waals surface area contributed by atoms with Crippen molar-refractivity contribution in [1.29, 1.82) is 0 Å². The molecule has 1 aromatic rings. The highest BCUT2D eigenvalue weighted by molar-refractivity contribution is 7.85. The Balaban J connectivity index is 2.40. The van der Waals surface area contributed by atoms with Gasteiger partial charge in [0.1, 0.15) is 5.75 Å². The fourth-order valence-corrected chi connectivity index (χ4v) is 2.06. The van der Waals surface area contributed by atoms with Crippen LogP contribution in [-0.4, -0.2) is 31.6 Å². The Hall–Kier alpha value is -1.40. The van der Waals surface area contributed by atoms with Crippen molar-refractivity contribution in [1.82, 2.24) is 0 Å². The molecule has 0 bridgehead atoms. The molecule has 0 amide bonds. The molecule has 0 saturated carbocycles. The molecule has 100 valence electrons. The minimum atomic E-state index is -3.92. The van der Waals surface area contributed by atoms with E-state index < -0.39 is 10.1 Å². The highest BCUT2D eigenvalue weighted by Gasteiger charge is 2.08. The molecule has 6 heteroatoms. The van der Waals surface area contributed by atoms with E-state index in [2.05, 4.69) is 0 Å². The summed E-state index contributed by atoms with van der Waals surface area (Å²) in [6.45, 7) is 0. The number of Topliss-reactive ketones (excluding diaryl/α,β-unsaturated/α-hetero) is 1. The Kier molecular flexibility index (Phi) is 5.30. The molecule has 1 aromatic carbocycles. The van der Waals surface area contributed by atoms with Crippen molar-refractivity contribution in [2.24, 2.45) is 0 Å². The zero-order valence-electron chi connectivity index (χ0n) is 10.1. The van der Waals surface area contributed by atoms with E-state index in [1.165, 1.54) is 0 Å². The highest BCUT2D eigenvalue weighted by Crippen LogP contribution is 2.13. The molecular formula is C12H16O5S. The van der Waals surface area contributed by atoms with Crippen molar-refractivity contribution in [3.63, 3.8) is 0 Å². The predicted molar refractivity (Wildman–Crippen MR) is 67.6 cm³/mol. The van der Waals surface area contributed by atoms with Crippen LogP contribution in [-0.2, 0) is 10.1 Å². The Morgan fingerprint density at radius 2 is 1.83 bits per heavy atom. The summed E-state index contributed by atoms with van der Waals surface area (Å²) in [5.74, 6) is 0.328. The van der Waals surface area contributed by atoms with E-state index in [0.29, 0.717) is 17.7 Å². The van der Waals surface area contributed by atoms with Crippen LogP contribution in [0.2, 0.25) is 0 Å². The monoisotopic (exact) mass is 272 g/mol. The quantitative estimate of drug-likeness (QED) is 0.466. The first-order valence-electron chi connectivity index (χ1n) is 5.55. The van der Waals surface area contributed by atoms with Gasteiger partial charge in [-0.1, -0.05) is 0 Å². The van der Waals surface area contributed by atoms with Gasteiger partial charge in [-0.2, -0.15) is 8.42 Å². The van der Waals surface area contributed by atoms with Gasteiger partial charge in [-0.3, -0.25) is 9.35 Å². The molecule has 0 saturated heterocycles. The summed E-state index contributed by atoms with van der Waals surface area (Å²) in [6, 6.07) is 6.74. The molecule has 0 aliphatic rings. The summed E-state index contributed by atoms with van der Waals surface area (Å²) in [7, 11) is -2.38. The summed E-state index contributed by atoms with van der Waals surface area (Å²) in [4.78, 5) is 11.7. The Labute approximate surface area is 107 Å². The topological polar surface area (TPSA) is 80.7 Å². The van der Waals surface area contributed by atoms with E-state index in [4.69, 9.17) is 9.29 Å². The zero-order chi connectivity index (χ0) is 13.6. The van der Waals surface area contributed by atoms with Crippen LogP contribution in [0.4, 0.5) is 0 Å². The molecular weight excluding hydrogens is 256 g/mol. The standard InChI is InChI=1S/C12H16O5S/c1-17-11-7-5-10(6-8-11)12(13)4-2-3-9-18(14,15)16/h5-8H,2-4,9H2,1H3,(H,14,15,16). The molecule has 1 rings (SSSR count). The van der Waals surface area contributed by atoms with Crippen LogP contribution in [0, 0.1) is 0 Å². The average Bonchev–Trinajstić information content (AvgIpc) is 2.33. The summed E-state index contributed by atoms with van der Waals surface area (Å²) < 4.78 is 34.5. The minimum absolute atomic E-state index is 0.0482. The smallest absolute Gasteiger partial charge is 0.264 e. The molecule has 0 heterocycles. The van der Waals surface area contributed by atoms with Gasteiger partial charge in [0.25, 0.3) is 10.1 Å². The first-order chi connectivity index (χ1) is 8.42. The summed E-state index contributed by atoms with van der Waals surface area (Å²) >= 11 is 0. The van der Waals surface area contributed by atoms with E-state index in [-0.39, 0.29) is 24.4 Å². The molecule has 1 N–H and O–H groups in total. The zero-order valence-corrected chi connectivity index (χ0v) is 10.9. The van der Waals surface area contributed by atoms with Gasteiger partial charge in [-0.25, -0.2) is 0 Å². The second-order valence-electron chi connectivity index (χ2n) is 3.89. The van der Waals surface area contributed by atoms with Crippen LogP contribution < -0.4 is 4.74 Å². The van der Waals surface area contributed by atoms with Crippen molar-refractivity contribution in [2.45, 2.75) is 19.3 Å². The van der Waals surface area contributed by atoms with Crippen molar-refractivity contribution in [2.75, 3.05) is 12.9 Å². The molecule has 0 radical (unpaired) electrons. The fraction of sp³-hybridized carbons (Fsp3) is 0.417. The summed E-state index contributed by atoms with van der Waals surface area (Å²) in [5.41, 5.74) is 0.572. The van der Waals surface area contributed by atoms with Gasteiger partial charge in [0, 0.05) is 12.0 Å². The van der Waals surface area contributed by atoms with Gasteiger partial charge >= 0.3 is 0 Å². The Morgan fingerprint density at radius 1 is 1.22 bits per heavy atom. The molecule has 0 aromatic heterocycles. The number of methoxy groups -OCH3 is 1. The largest absolute Gasteiger partial charge is 0.497 e. The lowest BCUT2D eigenvalue weighted by molar-refractivity contribution is 0.0979. The summed E-state index contributed by atoms with van der Waals surface area (Å²) in [6.07, 6.45) is 0.979. The van der Waals surface area contributed by atoms with Crippen LogP contribution >= 0.6 is 0 Å². The number of rotatable bonds is 7. The van der Waals surface area contributed by atoms with E-state index >= 15 is 0 Å². The van der Waals surface area contributed by atoms with Crippen molar-refractivity contribution in [3.8, 4) is 5.75 Å². The molecule has 0 unspecified atom stereocenters. The first kappa shape index (κ1) is 14.7. The number of hydrogen-bond donors (Lipinski definition) is 1. The second-order valence-corrected chi connectivity index (χ2v) is 5.47. The van der Waals surface area contributed by atoms with Gasteiger partial charge in [-0.15, -0.1) is 0 Å². The van der Waals surface area contributed by atoms with Gasteiger partial charge < -0.3 is 4.74 Å². The minimum Gasteiger partial charge on any atom is -0.497 e. The molecule has 5 nitrogen and oxygen atoms in total. The molecule has 0 aliphatic heterocycles. The predicted octanol–water partition coefficient (Wildman–Crippen LogP) is 1.94. The second kappa shape index (κ2) is 6.51. The molecule has 0 fully saturated rings. The Bertz CT molecular complexity index is 490. The number of carbonyl (C=O) groups is 1. The van der Waals surface area contributed by atoms with Crippen LogP contribution in [0.3, 0.4) is 0 Å². The molecule has 18 heavy (non-hydrogen) atoms. The van der Waals surface area contributed by atoms with Gasteiger partial charge in [0.05, 0.1) is 12.9 Å². The van der Waals surface area contributed by atoms with Gasteiger partial charge in [0.2, 0.25) is 0 Å². The third-order valence-electron chi connectivity index (χ3n) is 2.47. The van der Waals surface area contributed by atoms with E-state index in [1.54, 1.807) is 31.4 Å². The van der Waals surface area contributed by atoms with E-state index in [0.717, 1.165) is 0 Å². The Morgan fingerprint density at radius 3 is 2.33 bits per heavy atom. The molecule has 0 atom stereocenters. The van der Waals surface area contributed by atoms with Crippen molar-refractivity contribution < 1.29 is 22.5 Å². The van der Waals surface area contributed by atoms with Crippen LogP contribution in [0.25, 0.3) is 0 Å². The maximum absolute atomic E-state index is 11.7. The normalized spacial score (nSPS) is 11.2. The van der Waals surface area contributed by atoms with Crippen LogP contribution in [0.1, 0.15) is 29.6 Å².